The van der Waals surface area contributed by atoms with Crippen molar-refractivity contribution in [2.24, 2.45) is 0 Å². The highest BCUT2D eigenvalue weighted by Gasteiger charge is 2.33. The molecule has 1 N–H and O–H groups in total. The molecule has 140 valence electrons. The number of amides is 1. The first-order valence-corrected chi connectivity index (χ1v) is 10.1. The summed E-state index contributed by atoms with van der Waals surface area (Å²) in [6.07, 6.45) is 1.97. The lowest BCUT2D eigenvalue weighted by atomic mass is 10.1. The number of hydrogen-bond acceptors (Lipinski definition) is 4. The van der Waals surface area contributed by atoms with E-state index < -0.39 is 21.7 Å². The highest BCUT2D eigenvalue weighted by atomic mass is 32.2. The molecular formula is C18H28N2O4S. The third-order valence-corrected chi connectivity index (χ3v) is 6.05. The Labute approximate surface area is 150 Å². The summed E-state index contributed by atoms with van der Waals surface area (Å²) in [6, 6.07) is 6.61. The maximum atomic E-state index is 13.0. The molecule has 6 nitrogen and oxygen atoms in total. The molecule has 1 aromatic rings. The molecule has 1 heterocycles. The van der Waals surface area contributed by atoms with Crippen LogP contribution in [0.15, 0.2) is 29.2 Å². The third-order valence-electron chi connectivity index (χ3n) is 4.08. The first-order valence-electron chi connectivity index (χ1n) is 8.65. The van der Waals surface area contributed by atoms with Crippen LogP contribution in [0.1, 0.15) is 45.6 Å². The monoisotopic (exact) mass is 368 g/mol. The van der Waals surface area contributed by atoms with E-state index in [1.54, 1.807) is 45.0 Å². The maximum Gasteiger partial charge on any atom is 0.407 e. The largest absolute Gasteiger partial charge is 0.444 e. The number of nitrogens with zero attached hydrogens (tertiary/aromatic N) is 1. The zero-order valence-electron chi connectivity index (χ0n) is 15.4. The number of carbonyl (C=O) groups is 1. The van der Waals surface area contributed by atoms with Gasteiger partial charge in [0, 0.05) is 19.1 Å². The van der Waals surface area contributed by atoms with Gasteiger partial charge in [-0.1, -0.05) is 24.1 Å². The van der Waals surface area contributed by atoms with Crippen LogP contribution >= 0.6 is 0 Å². The number of nitrogens with one attached hydrogen (secondary N) is 1. The summed E-state index contributed by atoms with van der Waals surface area (Å²) in [6.45, 7) is 8.02. The Balaban J connectivity index is 2.09. The highest BCUT2D eigenvalue weighted by Crippen LogP contribution is 2.25. The summed E-state index contributed by atoms with van der Waals surface area (Å²) < 4.78 is 32.7. The van der Waals surface area contributed by atoms with Gasteiger partial charge < -0.3 is 10.1 Å². The molecule has 1 saturated heterocycles. The minimum atomic E-state index is -3.57. The second-order valence-electron chi connectivity index (χ2n) is 7.46. The van der Waals surface area contributed by atoms with Crippen molar-refractivity contribution in [2.75, 3.05) is 13.1 Å². The molecule has 1 aliphatic heterocycles. The standard InChI is InChI=1S/C18H28N2O4S/c1-14-8-10-16(11-9-14)25(22,23)20-12-6-5-7-15(20)13-19-17(21)24-18(2,3)4/h8-11,15H,5-7,12-13H2,1-4H3,(H,19,21)/t15-/m1/s1. The van der Waals surface area contributed by atoms with E-state index in [0.29, 0.717) is 11.4 Å². The van der Waals surface area contributed by atoms with Gasteiger partial charge in [0.05, 0.1) is 4.90 Å². The first kappa shape index (κ1) is 19.7. The zero-order valence-corrected chi connectivity index (χ0v) is 16.2. The van der Waals surface area contributed by atoms with Crippen LogP contribution in [0.25, 0.3) is 0 Å². The van der Waals surface area contributed by atoms with Crippen molar-refractivity contribution in [1.82, 2.24) is 9.62 Å². The van der Waals surface area contributed by atoms with Crippen molar-refractivity contribution in [1.29, 1.82) is 0 Å². The molecule has 0 aromatic heterocycles. The van der Waals surface area contributed by atoms with Gasteiger partial charge in [0.15, 0.2) is 0 Å². The van der Waals surface area contributed by atoms with E-state index in [1.807, 2.05) is 6.92 Å². The maximum absolute atomic E-state index is 13.0. The number of rotatable bonds is 4. The highest BCUT2D eigenvalue weighted by molar-refractivity contribution is 7.89. The van der Waals surface area contributed by atoms with Gasteiger partial charge in [0.25, 0.3) is 0 Å². The van der Waals surface area contributed by atoms with E-state index in [0.717, 1.165) is 24.8 Å². The molecule has 0 spiro atoms. The quantitative estimate of drug-likeness (QED) is 0.886. The van der Waals surface area contributed by atoms with Crippen molar-refractivity contribution in [2.45, 2.75) is 63.5 Å². The van der Waals surface area contributed by atoms with Gasteiger partial charge in [0.1, 0.15) is 5.60 Å². The van der Waals surface area contributed by atoms with Gasteiger partial charge in [-0.05, 0) is 52.7 Å². The molecule has 0 saturated carbocycles. The van der Waals surface area contributed by atoms with Gasteiger partial charge in [-0.25, -0.2) is 13.2 Å². The average Bonchev–Trinajstić information content (AvgIpc) is 2.52. The molecule has 1 aliphatic rings. The average molecular weight is 368 g/mol. The van der Waals surface area contributed by atoms with Crippen LogP contribution in [-0.2, 0) is 14.8 Å². The summed E-state index contributed by atoms with van der Waals surface area (Å²) in [7, 11) is -3.57. The van der Waals surface area contributed by atoms with Crippen LogP contribution < -0.4 is 5.32 Å². The molecular weight excluding hydrogens is 340 g/mol. The number of benzene rings is 1. The van der Waals surface area contributed by atoms with Crippen LogP contribution in [-0.4, -0.2) is 43.5 Å². The predicted octanol–water partition coefficient (Wildman–Crippen LogP) is 3.06. The van der Waals surface area contributed by atoms with Gasteiger partial charge >= 0.3 is 6.09 Å². The third kappa shape index (κ3) is 5.44. The summed E-state index contributed by atoms with van der Waals surface area (Å²) in [5.74, 6) is 0. The number of alkyl carbamates (subject to hydrolysis) is 1. The first-order chi connectivity index (χ1) is 11.6. The zero-order chi connectivity index (χ0) is 18.7. The molecule has 0 radical (unpaired) electrons. The van der Waals surface area contributed by atoms with Crippen LogP contribution in [0.5, 0.6) is 0 Å². The van der Waals surface area contributed by atoms with Crippen molar-refractivity contribution in [3.05, 3.63) is 29.8 Å². The SMILES string of the molecule is Cc1ccc(S(=O)(=O)N2CCCC[C@@H]2CNC(=O)OC(C)(C)C)cc1. The molecule has 0 aliphatic carbocycles. The van der Waals surface area contributed by atoms with E-state index in [-0.39, 0.29) is 12.6 Å². The normalized spacial score (nSPS) is 19.4. The Kier molecular flexibility index (Phi) is 6.11. The van der Waals surface area contributed by atoms with Crippen molar-refractivity contribution in [3.8, 4) is 0 Å². The van der Waals surface area contributed by atoms with Crippen molar-refractivity contribution >= 4 is 16.1 Å². The van der Waals surface area contributed by atoms with Gasteiger partial charge in [-0.2, -0.15) is 4.31 Å². The lowest BCUT2D eigenvalue weighted by molar-refractivity contribution is 0.0512. The smallest absolute Gasteiger partial charge is 0.407 e. The summed E-state index contributed by atoms with van der Waals surface area (Å²) in [5.41, 5.74) is 0.436. The molecule has 0 bridgehead atoms. The fraction of sp³-hybridized carbons (Fsp3) is 0.611. The molecule has 0 unspecified atom stereocenters. The van der Waals surface area contributed by atoms with Gasteiger partial charge in [0.2, 0.25) is 10.0 Å². The minimum absolute atomic E-state index is 0.250. The van der Waals surface area contributed by atoms with Gasteiger partial charge in [-0.15, -0.1) is 0 Å². The number of ether oxygens (including phenoxy) is 1. The lowest BCUT2D eigenvalue weighted by Gasteiger charge is -2.35. The van der Waals surface area contributed by atoms with E-state index in [4.69, 9.17) is 4.74 Å². The second kappa shape index (κ2) is 7.74. The van der Waals surface area contributed by atoms with Crippen LogP contribution in [0.3, 0.4) is 0 Å². The molecule has 2 rings (SSSR count). The summed E-state index contributed by atoms with van der Waals surface area (Å²) in [5, 5.41) is 2.70. The lowest BCUT2D eigenvalue weighted by Crippen LogP contribution is -2.49. The van der Waals surface area contributed by atoms with E-state index >= 15 is 0 Å². The molecule has 1 atom stereocenters. The number of sulfonamides is 1. The topological polar surface area (TPSA) is 75.7 Å². The van der Waals surface area contributed by atoms with Gasteiger partial charge in [-0.3, -0.25) is 0 Å². The Bertz CT molecular complexity index is 693. The van der Waals surface area contributed by atoms with Crippen molar-refractivity contribution < 1.29 is 17.9 Å². The molecule has 7 heteroatoms. The van der Waals surface area contributed by atoms with E-state index in [2.05, 4.69) is 5.32 Å². The Hall–Kier alpha value is -1.60. The second-order valence-corrected chi connectivity index (χ2v) is 9.35. The van der Waals surface area contributed by atoms with Crippen LogP contribution in [0.4, 0.5) is 4.79 Å². The summed E-state index contributed by atoms with van der Waals surface area (Å²) in [4.78, 5) is 12.2. The number of carbonyl (C=O) groups excluding carboxylic acids is 1. The fourth-order valence-electron chi connectivity index (χ4n) is 2.86. The van der Waals surface area contributed by atoms with E-state index in [9.17, 15) is 13.2 Å². The number of piperidine rings is 1. The molecule has 1 amide bonds. The minimum Gasteiger partial charge on any atom is -0.444 e. The number of hydrogen-bond donors (Lipinski definition) is 1. The van der Waals surface area contributed by atoms with Crippen LogP contribution in [0.2, 0.25) is 0 Å². The summed E-state index contributed by atoms with van der Waals surface area (Å²) >= 11 is 0. The fourth-order valence-corrected chi connectivity index (χ4v) is 4.55. The van der Waals surface area contributed by atoms with Crippen LogP contribution in [0, 0.1) is 6.92 Å². The molecule has 1 aromatic carbocycles. The van der Waals surface area contributed by atoms with Crippen molar-refractivity contribution in [3.63, 3.8) is 0 Å². The Morgan fingerprint density at radius 3 is 2.48 bits per heavy atom. The predicted molar refractivity (Wildman–Crippen MR) is 96.9 cm³/mol. The van der Waals surface area contributed by atoms with E-state index in [1.165, 1.54) is 4.31 Å². The number of aryl methyl sites for hydroxylation is 1. The Morgan fingerprint density at radius 1 is 1.24 bits per heavy atom. The Morgan fingerprint density at radius 2 is 1.88 bits per heavy atom. The molecule has 1 fully saturated rings. The molecule has 25 heavy (non-hydrogen) atoms.